The molecule has 2 aliphatic heterocycles. The molecule has 0 fully saturated rings. The normalized spacial score (nSPS) is 23.3. The number of nitrogens with one attached hydrogen (secondary N) is 1. The summed E-state index contributed by atoms with van der Waals surface area (Å²) in [4.78, 5) is 44.9. The van der Waals surface area contributed by atoms with Crippen LogP contribution in [0.3, 0.4) is 0 Å². The minimum Gasteiger partial charge on any atom is -0.443 e. The first-order valence-electron chi connectivity index (χ1n) is 12.1. The first-order valence-corrected chi connectivity index (χ1v) is 13.6. The number of imide groups is 1. The van der Waals surface area contributed by atoms with Gasteiger partial charge in [0.2, 0.25) is 0 Å². The number of carbonyl (C=O) groups excluding carboxylic acids is 2. The number of rotatable bonds is 3. The Kier molecular flexibility index (Phi) is 7.15. The number of phosphoric acid groups is 1. The van der Waals surface area contributed by atoms with Crippen molar-refractivity contribution in [3.05, 3.63) is 52.1 Å². The zero-order chi connectivity index (χ0) is 28.8. The van der Waals surface area contributed by atoms with Crippen molar-refractivity contribution in [3.8, 4) is 17.6 Å². The van der Waals surface area contributed by atoms with Crippen LogP contribution in [0.25, 0.3) is 0 Å². The molecule has 0 bridgehead atoms. The zero-order valence-corrected chi connectivity index (χ0v) is 23.6. The van der Waals surface area contributed by atoms with Crippen LogP contribution < -0.4 is 15.1 Å². The molecule has 12 nitrogen and oxygen atoms in total. The van der Waals surface area contributed by atoms with Gasteiger partial charge in [-0.05, 0) is 54.5 Å². The third-order valence-electron chi connectivity index (χ3n) is 5.83. The summed E-state index contributed by atoms with van der Waals surface area (Å²) in [6, 6.07) is 7.02. The highest BCUT2D eigenvalue weighted by atomic mass is 31.2. The van der Waals surface area contributed by atoms with Crippen LogP contribution in [0.5, 0.6) is 5.75 Å². The lowest BCUT2D eigenvalue weighted by Crippen LogP contribution is -2.47. The Balaban J connectivity index is 1.67. The van der Waals surface area contributed by atoms with Gasteiger partial charge in [0, 0.05) is 5.56 Å². The lowest BCUT2D eigenvalue weighted by molar-refractivity contribution is -0.0127. The maximum atomic E-state index is 13.5. The van der Waals surface area contributed by atoms with Crippen LogP contribution in [-0.4, -0.2) is 40.0 Å². The molecular formula is C26H30N3O9P. The molecule has 2 unspecified atom stereocenters. The molecule has 2 amide bonds. The van der Waals surface area contributed by atoms with Gasteiger partial charge in [-0.3, -0.25) is 14.0 Å². The van der Waals surface area contributed by atoms with Crippen LogP contribution in [0.4, 0.5) is 15.4 Å². The highest BCUT2D eigenvalue weighted by Gasteiger charge is 2.46. The van der Waals surface area contributed by atoms with Crippen molar-refractivity contribution in [2.24, 2.45) is 5.92 Å². The third kappa shape index (κ3) is 6.17. The number of aromatic amines is 1. The van der Waals surface area contributed by atoms with E-state index in [0.717, 1.165) is 6.20 Å². The summed E-state index contributed by atoms with van der Waals surface area (Å²) < 4.78 is 41.6. The van der Waals surface area contributed by atoms with Gasteiger partial charge >= 0.3 is 25.7 Å². The van der Waals surface area contributed by atoms with Crippen LogP contribution in [-0.2, 0) is 28.7 Å². The van der Waals surface area contributed by atoms with E-state index in [9.17, 15) is 18.9 Å². The topological polar surface area (TPSA) is 146 Å². The molecule has 1 aromatic heterocycles. The number of hydrogen-bond donors (Lipinski definition) is 1. The number of amides is 2. The molecule has 0 radical (unpaired) electrons. The van der Waals surface area contributed by atoms with Crippen LogP contribution in [0.15, 0.2) is 35.3 Å². The van der Waals surface area contributed by atoms with Gasteiger partial charge in [-0.25, -0.2) is 23.9 Å². The second-order valence-electron chi connectivity index (χ2n) is 11.0. The standard InChI is InChI=1S/C26H30N3O9P/c1-24(2,3)35-22(31)29-20-16(14-27-21(30)28-20)12-13-17(25(4,5)36-23(29)32)15-34-39(33)37-19-11-9-8-10-18(19)26(6,7)38-39/h8-11,14,17H,15H2,1-7H3,(H,27,28,30). The van der Waals surface area contributed by atoms with Gasteiger partial charge in [0.1, 0.15) is 28.4 Å². The largest absolute Gasteiger partial charge is 0.530 e. The maximum absolute atomic E-state index is 13.5. The number of phosphoric ester groups is 1. The van der Waals surface area contributed by atoms with Gasteiger partial charge in [-0.1, -0.05) is 30.0 Å². The number of ether oxygens (including phenoxy) is 2. The van der Waals surface area contributed by atoms with Crippen LogP contribution in [0.1, 0.15) is 59.6 Å². The monoisotopic (exact) mass is 559 g/mol. The third-order valence-corrected chi connectivity index (χ3v) is 7.40. The number of benzene rings is 1. The number of carbonyl (C=O) groups is 2. The molecule has 4 rings (SSSR count). The van der Waals surface area contributed by atoms with Crippen molar-refractivity contribution in [2.75, 3.05) is 11.5 Å². The number of H-pyrrole nitrogens is 1. The molecule has 2 aromatic rings. The van der Waals surface area contributed by atoms with E-state index in [0.29, 0.717) is 16.2 Å². The fourth-order valence-electron chi connectivity index (χ4n) is 3.87. The molecule has 0 spiro atoms. The molecule has 0 saturated heterocycles. The van der Waals surface area contributed by atoms with Crippen LogP contribution in [0, 0.1) is 17.8 Å². The Morgan fingerprint density at radius 2 is 1.90 bits per heavy atom. The summed E-state index contributed by atoms with van der Waals surface area (Å²) in [7, 11) is -4.12. The van der Waals surface area contributed by atoms with Gasteiger partial charge in [0.25, 0.3) is 0 Å². The number of fused-ring (bicyclic) bond motifs is 2. The number of cyclic esters (lactones) is 1. The van der Waals surface area contributed by atoms with E-state index < -0.39 is 48.4 Å². The number of anilines is 1. The molecular weight excluding hydrogens is 529 g/mol. The average Bonchev–Trinajstić information content (AvgIpc) is 2.81. The molecule has 208 valence electrons. The van der Waals surface area contributed by atoms with E-state index in [2.05, 4.69) is 21.8 Å². The molecule has 1 N–H and O–H groups in total. The number of para-hydroxylation sites is 1. The molecule has 1 aromatic carbocycles. The summed E-state index contributed by atoms with van der Waals surface area (Å²) in [5, 5.41) is 0. The Morgan fingerprint density at radius 3 is 2.59 bits per heavy atom. The quantitative estimate of drug-likeness (QED) is 0.408. The van der Waals surface area contributed by atoms with Gasteiger partial charge < -0.3 is 14.0 Å². The SMILES string of the molecule is CC(C)(C)OC(=O)N1C(=O)OC(C)(C)C(COP2(=O)Oc3ccccc3C(C)(C)O2)C#Cc2cnc(=O)[nH]c21. The van der Waals surface area contributed by atoms with Crippen LogP contribution >= 0.6 is 7.82 Å². The molecule has 2 aliphatic rings. The summed E-state index contributed by atoms with van der Waals surface area (Å²) in [5.74, 6) is 4.96. The first-order chi connectivity index (χ1) is 18.0. The Labute approximate surface area is 225 Å². The Hall–Kier alpha value is -3.65. The van der Waals surface area contributed by atoms with Crippen LogP contribution in [0.2, 0.25) is 0 Å². The van der Waals surface area contributed by atoms with E-state index >= 15 is 0 Å². The van der Waals surface area contributed by atoms with Crippen molar-refractivity contribution >= 4 is 25.8 Å². The maximum Gasteiger partial charge on any atom is 0.530 e. The fraction of sp³-hybridized carbons (Fsp3) is 0.462. The van der Waals surface area contributed by atoms with E-state index in [1.165, 1.54) is 0 Å². The lowest BCUT2D eigenvalue weighted by atomic mass is 9.92. The fourth-order valence-corrected chi connectivity index (χ4v) is 5.40. The van der Waals surface area contributed by atoms with E-state index in [1.54, 1.807) is 66.7 Å². The predicted octanol–water partition coefficient (Wildman–Crippen LogP) is 4.88. The van der Waals surface area contributed by atoms with Gasteiger partial charge in [-0.2, -0.15) is 4.90 Å². The summed E-state index contributed by atoms with van der Waals surface area (Å²) in [6.07, 6.45) is -1.10. The number of nitrogens with zero attached hydrogens (tertiary/aromatic N) is 2. The predicted molar refractivity (Wildman–Crippen MR) is 139 cm³/mol. The molecule has 0 saturated carbocycles. The summed E-state index contributed by atoms with van der Waals surface area (Å²) in [6.45, 7) is 11.1. The van der Waals surface area contributed by atoms with Crippen molar-refractivity contribution in [1.82, 2.24) is 9.97 Å². The smallest absolute Gasteiger partial charge is 0.443 e. The Bertz CT molecular complexity index is 1480. The van der Waals surface area contributed by atoms with Crippen molar-refractivity contribution < 1.29 is 37.2 Å². The minimum atomic E-state index is -4.12. The van der Waals surface area contributed by atoms with Crippen molar-refractivity contribution in [2.45, 2.75) is 65.3 Å². The summed E-state index contributed by atoms with van der Waals surface area (Å²) in [5.41, 5.74) is -3.38. The minimum absolute atomic E-state index is 0.0481. The van der Waals surface area contributed by atoms with Crippen molar-refractivity contribution in [1.29, 1.82) is 0 Å². The van der Waals surface area contributed by atoms with Gasteiger partial charge in [0.15, 0.2) is 0 Å². The van der Waals surface area contributed by atoms with E-state index in [1.807, 2.05) is 6.07 Å². The highest BCUT2D eigenvalue weighted by molar-refractivity contribution is 7.49. The Morgan fingerprint density at radius 1 is 1.21 bits per heavy atom. The van der Waals surface area contributed by atoms with E-state index in [-0.39, 0.29) is 18.0 Å². The summed E-state index contributed by atoms with van der Waals surface area (Å²) >= 11 is 0. The first kappa shape index (κ1) is 28.4. The molecule has 3 heterocycles. The average molecular weight is 560 g/mol. The molecule has 0 aliphatic carbocycles. The van der Waals surface area contributed by atoms with E-state index in [4.69, 9.17) is 23.0 Å². The zero-order valence-electron chi connectivity index (χ0n) is 22.7. The molecule has 13 heteroatoms. The highest BCUT2D eigenvalue weighted by Crippen LogP contribution is 2.60. The molecule has 39 heavy (non-hydrogen) atoms. The number of hydrogen-bond acceptors (Lipinski definition) is 10. The lowest BCUT2D eigenvalue weighted by Gasteiger charge is -2.37. The van der Waals surface area contributed by atoms with Gasteiger partial charge in [-0.15, -0.1) is 0 Å². The van der Waals surface area contributed by atoms with Crippen molar-refractivity contribution in [3.63, 3.8) is 0 Å². The second kappa shape index (κ2) is 9.83. The van der Waals surface area contributed by atoms with Gasteiger partial charge in [0.05, 0.1) is 24.3 Å². The molecule has 2 atom stereocenters. The second-order valence-corrected chi connectivity index (χ2v) is 12.5. The number of aromatic nitrogens is 2.